The van der Waals surface area contributed by atoms with Gasteiger partial charge in [0, 0.05) is 19.2 Å². The van der Waals surface area contributed by atoms with Crippen LogP contribution in [0.3, 0.4) is 0 Å². The highest BCUT2D eigenvalue weighted by Crippen LogP contribution is 2.30. The highest BCUT2D eigenvalue weighted by atomic mass is 16.6. The van der Waals surface area contributed by atoms with Crippen LogP contribution in [-0.2, 0) is 6.54 Å². The zero-order valence-corrected chi connectivity index (χ0v) is 11.1. The van der Waals surface area contributed by atoms with Gasteiger partial charge in [0.2, 0.25) is 0 Å². The first-order chi connectivity index (χ1) is 9.15. The summed E-state index contributed by atoms with van der Waals surface area (Å²) < 4.78 is 0. The third kappa shape index (κ3) is 3.02. The summed E-state index contributed by atoms with van der Waals surface area (Å²) in [6.45, 7) is 5.01. The van der Waals surface area contributed by atoms with E-state index in [1.807, 2.05) is 6.07 Å². The second-order valence-electron chi connectivity index (χ2n) is 5.01. The number of benzene rings is 1. The van der Waals surface area contributed by atoms with Crippen molar-refractivity contribution in [2.24, 2.45) is 11.8 Å². The van der Waals surface area contributed by atoms with E-state index in [1.54, 1.807) is 6.07 Å². The number of hydrogen-bond donors (Lipinski definition) is 2. The fourth-order valence-electron chi connectivity index (χ4n) is 2.67. The van der Waals surface area contributed by atoms with Crippen molar-refractivity contribution in [1.29, 1.82) is 0 Å². The maximum Gasteiger partial charge on any atom is 0.293 e. The number of hydrazine groups is 1. The van der Waals surface area contributed by atoms with Crippen molar-refractivity contribution in [2.75, 3.05) is 18.5 Å². The van der Waals surface area contributed by atoms with Crippen LogP contribution >= 0.6 is 0 Å². The Labute approximate surface area is 112 Å². The average molecular weight is 264 g/mol. The Morgan fingerprint density at radius 2 is 2.37 bits per heavy atom. The number of rotatable bonds is 5. The van der Waals surface area contributed by atoms with Crippen LogP contribution in [-0.4, -0.2) is 22.9 Å². The number of nitro benzene ring substituents is 1. The normalized spacial score (nSPS) is 19.6. The highest BCUT2D eigenvalue weighted by molar-refractivity contribution is 5.65. The zero-order valence-electron chi connectivity index (χ0n) is 11.1. The van der Waals surface area contributed by atoms with E-state index >= 15 is 0 Å². The molecule has 1 fully saturated rings. The van der Waals surface area contributed by atoms with E-state index in [-0.39, 0.29) is 5.69 Å². The molecule has 0 aliphatic carbocycles. The van der Waals surface area contributed by atoms with Gasteiger partial charge in [-0.25, -0.2) is 0 Å². The SMILES string of the molecule is CCC1CCN(Cc2cccc([N+](=O)[O-])c2NN)C1. The Bertz CT molecular complexity index is 464. The summed E-state index contributed by atoms with van der Waals surface area (Å²) in [5, 5.41) is 11.0. The molecule has 1 heterocycles. The van der Waals surface area contributed by atoms with Gasteiger partial charge in [-0.3, -0.25) is 20.9 Å². The second kappa shape index (κ2) is 5.99. The van der Waals surface area contributed by atoms with Crippen molar-refractivity contribution in [3.8, 4) is 0 Å². The molecular formula is C13H20N4O2. The third-order valence-electron chi connectivity index (χ3n) is 3.81. The summed E-state index contributed by atoms with van der Waals surface area (Å²) >= 11 is 0. The predicted octanol–water partition coefficient (Wildman–Crippen LogP) is 2.11. The molecule has 0 amide bonds. The number of nitrogens with two attached hydrogens (primary N) is 1. The largest absolute Gasteiger partial charge is 0.318 e. The lowest BCUT2D eigenvalue weighted by Crippen LogP contribution is -2.22. The number of anilines is 1. The predicted molar refractivity (Wildman–Crippen MR) is 74.6 cm³/mol. The van der Waals surface area contributed by atoms with E-state index in [4.69, 9.17) is 5.84 Å². The van der Waals surface area contributed by atoms with Gasteiger partial charge in [0.25, 0.3) is 5.69 Å². The third-order valence-corrected chi connectivity index (χ3v) is 3.81. The number of para-hydroxylation sites is 1. The highest BCUT2D eigenvalue weighted by Gasteiger charge is 2.23. The van der Waals surface area contributed by atoms with Gasteiger partial charge in [-0.05, 0) is 24.4 Å². The van der Waals surface area contributed by atoms with E-state index in [0.29, 0.717) is 12.2 Å². The number of hydrogen-bond acceptors (Lipinski definition) is 5. The summed E-state index contributed by atoms with van der Waals surface area (Å²) in [5.74, 6) is 6.19. The molecule has 19 heavy (non-hydrogen) atoms. The Kier molecular flexibility index (Phi) is 4.34. The Morgan fingerprint density at radius 1 is 1.58 bits per heavy atom. The number of nitrogen functional groups attached to an aromatic ring is 1. The minimum atomic E-state index is -0.405. The second-order valence-corrected chi connectivity index (χ2v) is 5.01. The van der Waals surface area contributed by atoms with Gasteiger partial charge < -0.3 is 5.43 Å². The molecule has 0 aromatic heterocycles. The van der Waals surface area contributed by atoms with Gasteiger partial charge in [-0.1, -0.05) is 25.5 Å². The summed E-state index contributed by atoms with van der Waals surface area (Å²) in [7, 11) is 0. The summed E-state index contributed by atoms with van der Waals surface area (Å²) in [4.78, 5) is 12.9. The Morgan fingerprint density at radius 3 is 2.95 bits per heavy atom. The van der Waals surface area contributed by atoms with Crippen molar-refractivity contribution in [2.45, 2.75) is 26.3 Å². The average Bonchev–Trinajstić information content (AvgIpc) is 2.86. The monoisotopic (exact) mass is 264 g/mol. The van der Waals surface area contributed by atoms with Gasteiger partial charge >= 0.3 is 0 Å². The fraction of sp³-hybridized carbons (Fsp3) is 0.538. The topological polar surface area (TPSA) is 84.4 Å². The Hall–Kier alpha value is -1.66. The van der Waals surface area contributed by atoms with Crippen LogP contribution < -0.4 is 11.3 Å². The molecule has 6 heteroatoms. The van der Waals surface area contributed by atoms with Crippen molar-refractivity contribution in [3.63, 3.8) is 0 Å². The van der Waals surface area contributed by atoms with Crippen LogP contribution in [0.25, 0.3) is 0 Å². The minimum Gasteiger partial charge on any atom is -0.318 e. The van der Waals surface area contributed by atoms with Crippen LogP contribution in [0.5, 0.6) is 0 Å². The summed E-state index contributed by atoms with van der Waals surface area (Å²) in [6, 6.07) is 5.07. The maximum atomic E-state index is 11.0. The number of likely N-dealkylation sites (tertiary alicyclic amines) is 1. The molecule has 6 nitrogen and oxygen atoms in total. The van der Waals surface area contributed by atoms with Crippen LogP contribution in [0.15, 0.2) is 18.2 Å². The summed E-state index contributed by atoms with van der Waals surface area (Å²) in [5.41, 5.74) is 3.82. The van der Waals surface area contributed by atoms with Gasteiger partial charge in [-0.15, -0.1) is 0 Å². The van der Waals surface area contributed by atoms with E-state index in [2.05, 4.69) is 17.2 Å². The van der Waals surface area contributed by atoms with E-state index in [0.717, 1.165) is 24.6 Å². The molecular weight excluding hydrogens is 244 g/mol. The van der Waals surface area contributed by atoms with Crippen LogP contribution in [0.2, 0.25) is 0 Å². The van der Waals surface area contributed by atoms with E-state index in [1.165, 1.54) is 18.9 Å². The standard InChI is InChI=1S/C13H20N4O2/c1-2-10-6-7-16(8-10)9-11-4-3-5-12(17(18)19)13(11)15-14/h3-5,10,15H,2,6-9,14H2,1H3. The zero-order chi connectivity index (χ0) is 13.8. The molecule has 1 aromatic rings. The van der Waals surface area contributed by atoms with E-state index < -0.39 is 4.92 Å². The van der Waals surface area contributed by atoms with Crippen LogP contribution in [0.1, 0.15) is 25.3 Å². The van der Waals surface area contributed by atoms with Crippen molar-refractivity contribution in [1.82, 2.24) is 4.90 Å². The molecule has 104 valence electrons. The molecule has 1 atom stereocenters. The molecule has 1 aromatic carbocycles. The van der Waals surface area contributed by atoms with Gasteiger partial charge in [0.15, 0.2) is 0 Å². The number of nitro groups is 1. The fourth-order valence-corrected chi connectivity index (χ4v) is 2.67. The molecule has 1 saturated heterocycles. The number of nitrogens with one attached hydrogen (secondary N) is 1. The molecule has 3 N–H and O–H groups in total. The van der Waals surface area contributed by atoms with Crippen LogP contribution in [0.4, 0.5) is 11.4 Å². The van der Waals surface area contributed by atoms with E-state index in [9.17, 15) is 10.1 Å². The van der Waals surface area contributed by atoms with Crippen molar-refractivity contribution >= 4 is 11.4 Å². The minimum absolute atomic E-state index is 0.0336. The number of nitrogens with zero attached hydrogens (tertiary/aromatic N) is 2. The summed E-state index contributed by atoms with van der Waals surface area (Å²) in [6.07, 6.45) is 2.39. The molecule has 0 saturated carbocycles. The van der Waals surface area contributed by atoms with Crippen LogP contribution in [0, 0.1) is 16.0 Å². The maximum absolute atomic E-state index is 11.0. The molecule has 0 radical (unpaired) electrons. The lowest BCUT2D eigenvalue weighted by atomic mass is 10.1. The lowest BCUT2D eigenvalue weighted by molar-refractivity contribution is -0.384. The molecule has 2 rings (SSSR count). The first kappa shape index (κ1) is 13.8. The first-order valence-corrected chi connectivity index (χ1v) is 6.61. The smallest absolute Gasteiger partial charge is 0.293 e. The molecule has 1 aliphatic heterocycles. The van der Waals surface area contributed by atoms with Gasteiger partial charge in [0.05, 0.1) is 4.92 Å². The van der Waals surface area contributed by atoms with Gasteiger partial charge in [-0.2, -0.15) is 0 Å². The Balaban J connectivity index is 2.16. The quantitative estimate of drug-likeness (QED) is 0.483. The van der Waals surface area contributed by atoms with Gasteiger partial charge in [0.1, 0.15) is 5.69 Å². The van der Waals surface area contributed by atoms with Crippen molar-refractivity contribution < 1.29 is 4.92 Å². The lowest BCUT2D eigenvalue weighted by Gasteiger charge is -2.17. The van der Waals surface area contributed by atoms with Crippen molar-refractivity contribution in [3.05, 3.63) is 33.9 Å². The molecule has 0 bridgehead atoms. The first-order valence-electron chi connectivity index (χ1n) is 6.61. The molecule has 1 aliphatic rings. The molecule has 0 spiro atoms. The molecule has 1 unspecified atom stereocenters.